The number of hydrogen-bond donors (Lipinski definition) is 1. The van der Waals surface area contributed by atoms with Gasteiger partial charge in [-0.3, -0.25) is 9.69 Å². The number of hydrogen-bond acceptors (Lipinski definition) is 4. The van der Waals surface area contributed by atoms with Crippen LogP contribution in [0.4, 0.5) is 0 Å². The summed E-state index contributed by atoms with van der Waals surface area (Å²) in [6.07, 6.45) is 3.64. The summed E-state index contributed by atoms with van der Waals surface area (Å²) in [5.74, 6) is -0.371. The topological polar surface area (TPSA) is 63.6 Å². The second-order valence-electron chi connectivity index (χ2n) is 7.25. The molecule has 1 aromatic carbocycles. The first-order valence-corrected chi connectivity index (χ1v) is 10.4. The van der Waals surface area contributed by atoms with Crippen molar-refractivity contribution in [3.05, 3.63) is 57.8 Å². The highest BCUT2D eigenvalue weighted by atomic mass is 35.5. The van der Waals surface area contributed by atoms with Crippen molar-refractivity contribution in [2.75, 3.05) is 26.7 Å². The van der Waals surface area contributed by atoms with E-state index in [-0.39, 0.29) is 24.0 Å². The Morgan fingerprint density at radius 3 is 2.62 bits per heavy atom. The van der Waals surface area contributed by atoms with E-state index < -0.39 is 0 Å². The van der Waals surface area contributed by atoms with Crippen molar-refractivity contribution in [1.29, 1.82) is 0 Å². The van der Waals surface area contributed by atoms with Crippen molar-refractivity contribution in [2.24, 2.45) is 0 Å². The number of piperidine rings is 1. The largest absolute Gasteiger partial charge is 0.464 e. The molecule has 8 heteroatoms. The SMILES string of the molecule is COC(=O)c1cccn1C1CCN(CC(=O)NC(C)c2ccc(Cl)cc2Cl)CC1. The van der Waals surface area contributed by atoms with Gasteiger partial charge in [-0.2, -0.15) is 0 Å². The lowest BCUT2D eigenvalue weighted by molar-refractivity contribution is -0.123. The van der Waals surface area contributed by atoms with E-state index in [4.69, 9.17) is 27.9 Å². The highest BCUT2D eigenvalue weighted by molar-refractivity contribution is 6.35. The molecule has 1 unspecified atom stereocenters. The standard InChI is InChI=1S/C21H25Cl2N3O3/c1-14(17-6-5-15(22)12-18(17)23)24-20(27)13-25-10-7-16(8-11-25)26-9-3-4-19(26)21(28)29-2/h3-6,9,12,14,16H,7-8,10-11,13H2,1-2H3,(H,24,27). The Bertz CT molecular complexity index is 876. The maximum atomic E-state index is 12.5. The van der Waals surface area contributed by atoms with Crippen molar-refractivity contribution in [2.45, 2.75) is 31.8 Å². The fourth-order valence-electron chi connectivity index (χ4n) is 3.77. The Balaban J connectivity index is 1.51. The molecule has 2 heterocycles. The van der Waals surface area contributed by atoms with Gasteiger partial charge in [-0.15, -0.1) is 0 Å². The molecule has 2 aromatic rings. The van der Waals surface area contributed by atoms with Gasteiger partial charge in [0.1, 0.15) is 5.69 Å². The van der Waals surface area contributed by atoms with E-state index in [0.717, 1.165) is 31.5 Å². The minimum Gasteiger partial charge on any atom is -0.464 e. The van der Waals surface area contributed by atoms with Gasteiger partial charge in [-0.25, -0.2) is 4.79 Å². The molecule has 0 saturated carbocycles. The Labute approximate surface area is 180 Å². The average Bonchev–Trinajstić information content (AvgIpc) is 3.17. The zero-order valence-corrected chi connectivity index (χ0v) is 18.0. The molecule has 0 aliphatic carbocycles. The molecule has 1 amide bonds. The predicted molar refractivity (Wildman–Crippen MR) is 114 cm³/mol. The number of ether oxygens (including phenoxy) is 1. The number of carbonyl (C=O) groups excluding carboxylic acids is 2. The molecule has 1 saturated heterocycles. The van der Waals surface area contributed by atoms with Crippen LogP contribution in [-0.2, 0) is 9.53 Å². The van der Waals surface area contributed by atoms with Crippen LogP contribution < -0.4 is 5.32 Å². The zero-order chi connectivity index (χ0) is 21.0. The summed E-state index contributed by atoms with van der Waals surface area (Å²) in [6, 6.07) is 8.93. The van der Waals surface area contributed by atoms with Gasteiger partial charge in [-0.1, -0.05) is 29.3 Å². The van der Waals surface area contributed by atoms with E-state index >= 15 is 0 Å². The summed E-state index contributed by atoms with van der Waals surface area (Å²) in [5, 5.41) is 4.11. The molecule has 1 aromatic heterocycles. The second-order valence-corrected chi connectivity index (χ2v) is 8.10. The number of carbonyl (C=O) groups is 2. The number of aromatic nitrogens is 1. The molecule has 29 heavy (non-hydrogen) atoms. The Morgan fingerprint density at radius 1 is 1.24 bits per heavy atom. The summed E-state index contributed by atoms with van der Waals surface area (Å²) < 4.78 is 6.83. The smallest absolute Gasteiger partial charge is 0.354 e. The van der Waals surface area contributed by atoms with E-state index in [1.165, 1.54) is 7.11 Å². The third kappa shape index (κ3) is 5.32. The normalized spacial score (nSPS) is 16.4. The van der Waals surface area contributed by atoms with Crippen molar-refractivity contribution in [3.63, 3.8) is 0 Å². The van der Waals surface area contributed by atoms with Gasteiger partial charge in [0.05, 0.1) is 19.7 Å². The molecule has 156 valence electrons. The number of methoxy groups -OCH3 is 1. The number of rotatable bonds is 6. The van der Waals surface area contributed by atoms with Crippen molar-refractivity contribution < 1.29 is 14.3 Å². The molecule has 0 radical (unpaired) electrons. The fourth-order valence-corrected chi connectivity index (χ4v) is 4.34. The number of nitrogens with zero attached hydrogens (tertiary/aromatic N) is 2. The van der Waals surface area contributed by atoms with Crippen LogP contribution >= 0.6 is 23.2 Å². The second kappa shape index (κ2) is 9.65. The molecule has 6 nitrogen and oxygen atoms in total. The third-order valence-corrected chi connectivity index (χ3v) is 5.86. The van der Waals surface area contributed by atoms with E-state index in [1.807, 2.05) is 29.8 Å². The number of benzene rings is 1. The maximum absolute atomic E-state index is 12.5. The Morgan fingerprint density at radius 2 is 1.97 bits per heavy atom. The minimum atomic E-state index is -0.327. The van der Waals surface area contributed by atoms with Gasteiger partial charge in [-0.05, 0) is 49.6 Å². The Kier molecular flexibility index (Phi) is 7.22. The fraction of sp³-hybridized carbons (Fsp3) is 0.429. The molecule has 0 bridgehead atoms. The molecule has 1 aliphatic rings. The quantitative estimate of drug-likeness (QED) is 0.690. The van der Waals surface area contributed by atoms with Crippen molar-refractivity contribution in [1.82, 2.24) is 14.8 Å². The predicted octanol–water partition coefficient (Wildman–Crippen LogP) is 4.10. The highest BCUT2D eigenvalue weighted by Crippen LogP contribution is 2.27. The molecule has 3 rings (SSSR count). The summed E-state index contributed by atoms with van der Waals surface area (Å²) in [6.45, 7) is 3.80. The first-order chi connectivity index (χ1) is 13.9. The first kappa shape index (κ1) is 21.7. The third-order valence-electron chi connectivity index (χ3n) is 5.30. The zero-order valence-electron chi connectivity index (χ0n) is 16.5. The van der Waals surface area contributed by atoms with Crippen LogP contribution in [-0.4, -0.2) is 48.1 Å². The van der Waals surface area contributed by atoms with Crippen molar-refractivity contribution >= 4 is 35.1 Å². The number of halogens is 2. The molecule has 1 aliphatic heterocycles. The molecule has 1 atom stereocenters. The maximum Gasteiger partial charge on any atom is 0.354 e. The van der Waals surface area contributed by atoms with Crippen LogP contribution in [0.1, 0.15) is 47.9 Å². The molecule has 1 N–H and O–H groups in total. The molecule has 0 spiro atoms. The van der Waals surface area contributed by atoms with Gasteiger partial charge in [0.25, 0.3) is 0 Å². The van der Waals surface area contributed by atoms with E-state index in [1.54, 1.807) is 18.2 Å². The Hall–Kier alpha value is -2.02. The van der Waals surface area contributed by atoms with Crippen molar-refractivity contribution in [3.8, 4) is 0 Å². The lowest BCUT2D eigenvalue weighted by Gasteiger charge is -2.33. The monoisotopic (exact) mass is 437 g/mol. The summed E-state index contributed by atoms with van der Waals surface area (Å²) in [7, 11) is 1.39. The lowest BCUT2D eigenvalue weighted by Crippen LogP contribution is -2.42. The molecular weight excluding hydrogens is 413 g/mol. The van der Waals surface area contributed by atoms with Crippen LogP contribution in [0.3, 0.4) is 0 Å². The van der Waals surface area contributed by atoms with E-state index in [2.05, 4.69) is 10.2 Å². The van der Waals surface area contributed by atoms with Gasteiger partial charge in [0.15, 0.2) is 0 Å². The van der Waals surface area contributed by atoms with Crippen LogP contribution in [0, 0.1) is 0 Å². The van der Waals surface area contributed by atoms with Crippen LogP contribution in [0.15, 0.2) is 36.5 Å². The van der Waals surface area contributed by atoms with Gasteiger partial charge >= 0.3 is 5.97 Å². The lowest BCUT2D eigenvalue weighted by atomic mass is 10.0. The minimum absolute atomic E-state index is 0.0434. The van der Waals surface area contributed by atoms with Crippen LogP contribution in [0.5, 0.6) is 0 Å². The van der Waals surface area contributed by atoms with E-state index in [0.29, 0.717) is 22.3 Å². The summed E-state index contributed by atoms with van der Waals surface area (Å²) in [4.78, 5) is 26.5. The first-order valence-electron chi connectivity index (χ1n) is 9.61. The number of likely N-dealkylation sites (tertiary alicyclic amines) is 1. The number of esters is 1. The summed E-state index contributed by atoms with van der Waals surface area (Å²) in [5.41, 5.74) is 1.41. The summed E-state index contributed by atoms with van der Waals surface area (Å²) >= 11 is 12.2. The molecular formula is C21H25Cl2N3O3. The van der Waals surface area contributed by atoms with Gasteiger partial charge in [0, 0.05) is 35.4 Å². The molecule has 1 fully saturated rings. The van der Waals surface area contributed by atoms with Crippen LogP contribution in [0.2, 0.25) is 10.0 Å². The van der Waals surface area contributed by atoms with Gasteiger partial charge in [0.2, 0.25) is 5.91 Å². The van der Waals surface area contributed by atoms with Crippen LogP contribution in [0.25, 0.3) is 0 Å². The van der Waals surface area contributed by atoms with Gasteiger partial charge < -0.3 is 14.6 Å². The number of amides is 1. The number of nitrogens with one attached hydrogen (secondary N) is 1. The average molecular weight is 438 g/mol. The highest BCUT2D eigenvalue weighted by Gasteiger charge is 2.25. The van der Waals surface area contributed by atoms with E-state index in [9.17, 15) is 9.59 Å².